The highest BCUT2D eigenvalue weighted by molar-refractivity contribution is 7.87. The van der Waals surface area contributed by atoms with Gasteiger partial charge < -0.3 is 30.0 Å². The van der Waals surface area contributed by atoms with Gasteiger partial charge >= 0.3 is 20.2 Å². The molecule has 0 bridgehead atoms. The Morgan fingerprint density at radius 2 is 1.02 bits per heavy atom. The van der Waals surface area contributed by atoms with Gasteiger partial charge in [0.15, 0.2) is 11.5 Å². The SMILES string of the molecule is Nc1c(OS(=O)(=O)c2ccc3cccc(S(=O)(=O)Oc4ccc5cccc(O)c5c4N)c3c2)ccc2cccc(O)c12. The summed E-state index contributed by atoms with van der Waals surface area (Å²) in [5.41, 5.74) is 12.1. The van der Waals surface area contributed by atoms with Crippen molar-refractivity contribution in [3.8, 4) is 23.0 Å². The maximum Gasteiger partial charge on any atom is 0.339 e. The Balaban J connectivity index is 1.40. The van der Waals surface area contributed by atoms with Crippen LogP contribution in [0.5, 0.6) is 23.0 Å². The van der Waals surface area contributed by atoms with Crippen molar-refractivity contribution in [1.29, 1.82) is 0 Å². The van der Waals surface area contributed by atoms with Crippen LogP contribution in [0.3, 0.4) is 0 Å². The van der Waals surface area contributed by atoms with E-state index in [1.54, 1.807) is 42.5 Å². The van der Waals surface area contributed by atoms with Gasteiger partial charge in [-0.25, -0.2) is 0 Å². The van der Waals surface area contributed by atoms with E-state index < -0.39 is 20.2 Å². The average molecular weight is 603 g/mol. The Morgan fingerprint density at radius 1 is 0.548 bits per heavy atom. The van der Waals surface area contributed by atoms with E-state index in [-0.39, 0.29) is 60.3 Å². The van der Waals surface area contributed by atoms with E-state index in [2.05, 4.69) is 0 Å². The first-order valence-corrected chi connectivity index (χ1v) is 15.2. The van der Waals surface area contributed by atoms with E-state index in [1.165, 1.54) is 48.5 Å². The maximum absolute atomic E-state index is 13.5. The number of nitrogens with two attached hydrogens (primary N) is 2. The summed E-state index contributed by atoms with van der Waals surface area (Å²) in [5, 5.41) is 22.6. The molecular formula is C30H22N2O8S2. The standard InChI is InChI=1S/C30H22N2O8S2/c31-29-24(14-11-18-5-1-7-22(33)27(18)29)39-41(35,36)20-13-10-17-4-3-9-26(21(17)16-20)42(37,38)40-25-15-12-19-6-2-8-23(34)28(19)30(25)32/h1-16,33-34H,31-32H2. The lowest BCUT2D eigenvalue weighted by Gasteiger charge is -2.14. The van der Waals surface area contributed by atoms with Gasteiger partial charge in [0.1, 0.15) is 21.3 Å². The van der Waals surface area contributed by atoms with Crippen LogP contribution in [0.2, 0.25) is 0 Å². The van der Waals surface area contributed by atoms with Crippen LogP contribution in [-0.4, -0.2) is 27.0 Å². The Morgan fingerprint density at radius 3 is 1.60 bits per heavy atom. The fraction of sp³-hybridized carbons (Fsp3) is 0. The van der Waals surface area contributed by atoms with Gasteiger partial charge in [0, 0.05) is 5.39 Å². The molecule has 0 saturated heterocycles. The molecule has 6 aromatic rings. The third kappa shape index (κ3) is 4.52. The van der Waals surface area contributed by atoms with Crippen molar-refractivity contribution >= 4 is 63.9 Å². The molecule has 0 spiro atoms. The quantitative estimate of drug-likeness (QED) is 0.145. The minimum absolute atomic E-state index is 0.0495. The van der Waals surface area contributed by atoms with Crippen LogP contribution in [0.25, 0.3) is 32.3 Å². The molecule has 0 aliphatic rings. The van der Waals surface area contributed by atoms with Gasteiger partial charge in [0.05, 0.1) is 22.1 Å². The number of nitrogen functional groups attached to an aromatic ring is 2. The summed E-state index contributed by atoms with van der Waals surface area (Å²) in [6, 6.07) is 23.6. The van der Waals surface area contributed by atoms with Gasteiger partial charge in [0.25, 0.3) is 0 Å². The molecule has 212 valence electrons. The summed E-state index contributed by atoms with van der Waals surface area (Å²) < 4.78 is 64.3. The molecule has 42 heavy (non-hydrogen) atoms. The molecule has 0 aliphatic carbocycles. The maximum atomic E-state index is 13.5. The predicted octanol–water partition coefficient (Wildman–Crippen LogP) is 5.26. The van der Waals surface area contributed by atoms with E-state index in [1.807, 2.05) is 0 Å². The lowest BCUT2D eigenvalue weighted by atomic mass is 10.1. The van der Waals surface area contributed by atoms with Crippen molar-refractivity contribution in [2.45, 2.75) is 9.79 Å². The molecule has 0 fully saturated rings. The van der Waals surface area contributed by atoms with Crippen molar-refractivity contribution in [3.05, 3.63) is 97.1 Å². The molecule has 0 radical (unpaired) electrons. The molecule has 0 heterocycles. The molecule has 12 heteroatoms. The first-order chi connectivity index (χ1) is 20.0. The summed E-state index contributed by atoms with van der Waals surface area (Å²) in [5.74, 6) is -0.697. The predicted molar refractivity (Wildman–Crippen MR) is 160 cm³/mol. The first-order valence-electron chi connectivity index (χ1n) is 12.4. The zero-order chi connectivity index (χ0) is 29.8. The Hall–Kier alpha value is -5.20. The molecule has 6 N–H and O–H groups in total. The van der Waals surface area contributed by atoms with Crippen LogP contribution < -0.4 is 19.8 Å². The Kier molecular flexibility index (Phi) is 6.24. The number of rotatable bonds is 6. The normalized spacial score (nSPS) is 12.1. The highest BCUT2D eigenvalue weighted by Gasteiger charge is 2.25. The molecule has 6 aromatic carbocycles. The average Bonchev–Trinajstić information content (AvgIpc) is 2.95. The van der Waals surface area contributed by atoms with E-state index in [9.17, 15) is 27.0 Å². The zero-order valence-electron chi connectivity index (χ0n) is 21.6. The molecule has 0 unspecified atom stereocenters. The molecular weight excluding hydrogens is 580 g/mol. The van der Waals surface area contributed by atoms with Crippen molar-refractivity contribution in [2.24, 2.45) is 0 Å². The van der Waals surface area contributed by atoms with Gasteiger partial charge in [-0.15, -0.1) is 0 Å². The number of hydrogen-bond donors (Lipinski definition) is 4. The summed E-state index contributed by atoms with van der Waals surface area (Å²) in [6.45, 7) is 0. The monoisotopic (exact) mass is 602 g/mol. The number of benzene rings is 6. The molecule has 0 aromatic heterocycles. The van der Waals surface area contributed by atoms with Crippen molar-refractivity contribution in [3.63, 3.8) is 0 Å². The van der Waals surface area contributed by atoms with E-state index in [4.69, 9.17) is 19.8 Å². The lowest BCUT2D eigenvalue weighted by molar-refractivity contribution is 0.479. The number of aromatic hydroxyl groups is 2. The van der Waals surface area contributed by atoms with Crippen LogP contribution in [0, 0.1) is 0 Å². The fourth-order valence-corrected chi connectivity index (χ4v) is 6.95. The van der Waals surface area contributed by atoms with E-state index in [0.29, 0.717) is 16.2 Å². The second-order valence-electron chi connectivity index (χ2n) is 9.42. The van der Waals surface area contributed by atoms with Crippen LogP contribution in [-0.2, 0) is 20.2 Å². The molecule has 6 rings (SSSR count). The van der Waals surface area contributed by atoms with Gasteiger partial charge in [-0.05, 0) is 58.6 Å². The largest absolute Gasteiger partial charge is 0.507 e. The molecule has 0 saturated carbocycles. The van der Waals surface area contributed by atoms with E-state index in [0.717, 1.165) is 6.07 Å². The number of fused-ring (bicyclic) bond motifs is 3. The lowest BCUT2D eigenvalue weighted by Crippen LogP contribution is -2.13. The van der Waals surface area contributed by atoms with Crippen LogP contribution in [0.1, 0.15) is 0 Å². The summed E-state index contributed by atoms with van der Waals surface area (Å²) >= 11 is 0. The smallest absolute Gasteiger partial charge is 0.339 e. The second kappa shape index (κ2) is 9.72. The topological polar surface area (TPSA) is 179 Å². The first kappa shape index (κ1) is 27.0. The Bertz CT molecular complexity index is 2290. The van der Waals surface area contributed by atoms with E-state index >= 15 is 0 Å². The van der Waals surface area contributed by atoms with Crippen LogP contribution in [0.4, 0.5) is 11.4 Å². The van der Waals surface area contributed by atoms with Gasteiger partial charge in [-0.2, -0.15) is 16.8 Å². The molecule has 0 atom stereocenters. The molecule has 0 aliphatic heterocycles. The summed E-state index contributed by atoms with van der Waals surface area (Å²) in [7, 11) is -9.06. The Labute approximate surface area is 240 Å². The summed E-state index contributed by atoms with van der Waals surface area (Å²) in [6.07, 6.45) is 0. The summed E-state index contributed by atoms with van der Waals surface area (Å²) in [4.78, 5) is -0.659. The van der Waals surface area contributed by atoms with Gasteiger partial charge in [-0.3, -0.25) is 0 Å². The van der Waals surface area contributed by atoms with Crippen molar-refractivity contribution in [1.82, 2.24) is 0 Å². The molecule has 0 amide bonds. The minimum Gasteiger partial charge on any atom is -0.507 e. The van der Waals surface area contributed by atoms with Gasteiger partial charge in [-0.1, -0.05) is 54.6 Å². The highest BCUT2D eigenvalue weighted by Crippen LogP contribution is 2.39. The number of hydrogen-bond acceptors (Lipinski definition) is 10. The number of phenols is 2. The van der Waals surface area contributed by atoms with Gasteiger partial charge in [0.2, 0.25) is 0 Å². The fourth-order valence-electron chi connectivity index (χ4n) is 4.81. The second-order valence-corrected chi connectivity index (χ2v) is 12.5. The van der Waals surface area contributed by atoms with Crippen LogP contribution >= 0.6 is 0 Å². The van der Waals surface area contributed by atoms with Crippen molar-refractivity contribution in [2.75, 3.05) is 11.5 Å². The molecule has 10 nitrogen and oxygen atoms in total. The highest BCUT2D eigenvalue weighted by atomic mass is 32.2. The van der Waals surface area contributed by atoms with Crippen molar-refractivity contribution < 1.29 is 35.4 Å². The number of phenolic OH excluding ortho intramolecular Hbond substituents is 2. The third-order valence-corrected chi connectivity index (χ3v) is 9.34. The minimum atomic E-state index is -4.55. The van der Waals surface area contributed by atoms with Crippen LogP contribution in [0.15, 0.2) is 107 Å². The zero-order valence-corrected chi connectivity index (χ0v) is 23.2. The third-order valence-electron chi connectivity index (χ3n) is 6.82. The number of anilines is 2.